The summed E-state index contributed by atoms with van der Waals surface area (Å²) in [5, 5.41) is 10.2. The molecule has 5 nitrogen and oxygen atoms in total. The van der Waals surface area contributed by atoms with Crippen LogP contribution in [-0.4, -0.2) is 15.2 Å². The van der Waals surface area contributed by atoms with Gasteiger partial charge in [-0.1, -0.05) is 5.10 Å². The van der Waals surface area contributed by atoms with E-state index >= 15 is 0 Å². The zero-order valence-electron chi connectivity index (χ0n) is 11.1. The van der Waals surface area contributed by atoms with E-state index in [2.05, 4.69) is 20.5 Å². The Hall–Kier alpha value is -2.90. The summed E-state index contributed by atoms with van der Waals surface area (Å²) in [5.41, 5.74) is 0.622. The summed E-state index contributed by atoms with van der Waals surface area (Å²) in [7, 11) is 0. The molecule has 0 radical (unpaired) electrons. The SMILES string of the molecule is Fc1cc(F)c(CNc2nnc(-c3ccncc3)o2)cc1F. The molecule has 3 rings (SSSR count). The summed E-state index contributed by atoms with van der Waals surface area (Å²) in [5.74, 6) is -2.96. The second-order valence-corrected chi connectivity index (χ2v) is 4.36. The number of benzene rings is 1. The van der Waals surface area contributed by atoms with Gasteiger partial charge in [0.15, 0.2) is 11.6 Å². The van der Waals surface area contributed by atoms with Crippen molar-refractivity contribution >= 4 is 6.01 Å². The monoisotopic (exact) mass is 306 g/mol. The van der Waals surface area contributed by atoms with Gasteiger partial charge in [0, 0.05) is 36.1 Å². The van der Waals surface area contributed by atoms with E-state index in [9.17, 15) is 13.2 Å². The van der Waals surface area contributed by atoms with Gasteiger partial charge in [-0.05, 0) is 18.2 Å². The predicted molar refractivity (Wildman–Crippen MR) is 71.2 cm³/mol. The third-order valence-corrected chi connectivity index (χ3v) is 2.87. The normalized spacial score (nSPS) is 10.7. The van der Waals surface area contributed by atoms with Crippen molar-refractivity contribution in [3.05, 3.63) is 59.7 Å². The molecule has 0 aliphatic carbocycles. The van der Waals surface area contributed by atoms with Crippen molar-refractivity contribution in [2.24, 2.45) is 0 Å². The van der Waals surface area contributed by atoms with Crippen LogP contribution in [0.2, 0.25) is 0 Å². The van der Waals surface area contributed by atoms with Crippen LogP contribution in [0.3, 0.4) is 0 Å². The third kappa shape index (κ3) is 2.90. The molecular formula is C14H9F3N4O. The molecule has 1 N–H and O–H groups in total. The number of nitrogens with zero attached hydrogens (tertiary/aromatic N) is 3. The van der Waals surface area contributed by atoms with Gasteiger partial charge in [-0.15, -0.1) is 5.10 Å². The zero-order chi connectivity index (χ0) is 15.5. The van der Waals surface area contributed by atoms with Crippen LogP contribution < -0.4 is 5.32 Å². The number of anilines is 1. The van der Waals surface area contributed by atoms with Crippen molar-refractivity contribution in [1.29, 1.82) is 0 Å². The molecule has 0 amide bonds. The molecule has 2 heterocycles. The minimum absolute atomic E-state index is 0.0379. The van der Waals surface area contributed by atoms with Crippen molar-refractivity contribution in [3.8, 4) is 11.5 Å². The highest BCUT2D eigenvalue weighted by molar-refractivity contribution is 5.51. The van der Waals surface area contributed by atoms with E-state index in [1.807, 2.05) is 0 Å². The fourth-order valence-corrected chi connectivity index (χ4v) is 1.78. The van der Waals surface area contributed by atoms with Crippen LogP contribution in [-0.2, 0) is 6.54 Å². The first kappa shape index (κ1) is 14.1. The predicted octanol–water partition coefficient (Wildman–Crippen LogP) is 3.16. The maximum absolute atomic E-state index is 13.5. The summed E-state index contributed by atoms with van der Waals surface area (Å²) >= 11 is 0. The van der Waals surface area contributed by atoms with Gasteiger partial charge >= 0.3 is 6.01 Å². The average molecular weight is 306 g/mol. The molecule has 0 fully saturated rings. The van der Waals surface area contributed by atoms with Crippen LogP contribution >= 0.6 is 0 Å². The quantitative estimate of drug-likeness (QED) is 0.750. The molecule has 0 saturated carbocycles. The zero-order valence-corrected chi connectivity index (χ0v) is 11.1. The van der Waals surface area contributed by atoms with Crippen LogP contribution in [0.25, 0.3) is 11.5 Å². The largest absolute Gasteiger partial charge is 0.403 e. The maximum atomic E-state index is 13.5. The number of halogens is 3. The van der Waals surface area contributed by atoms with Gasteiger partial charge in [-0.25, -0.2) is 13.2 Å². The van der Waals surface area contributed by atoms with Gasteiger partial charge < -0.3 is 9.73 Å². The van der Waals surface area contributed by atoms with Crippen molar-refractivity contribution in [2.45, 2.75) is 6.54 Å². The van der Waals surface area contributed by atoms with Crippen molar-refractivity contribution in [1.82, 2.24) is 15.2 Å². The Balaban J connectivity index is 1.73. The van der Waals surface area contributed by atoms with E-state index in [0.717, 1.165) is 6.07 Å². The summed E-state index contributed by atoms with van der Waals surface area (Å²) < 4.78 is 44.7. The first-order valence-electron chi connectivity index (χ1n) is 6.24. The van der Waals surface area contributed by atoms with Gasteiger partial charge in [0.25, 0.3) is 0 Å². The molecule has 22 heavy (non-hydrogen) atoms. The highest BCUT2D eigenvalue weighted by atomic mass is 19.2. The second kappa shape index (κ2) is 5.84. The number of nitrogens with one attached hydrogen (secondary N) is 1. The van der Waals surface area contributed by atoms with Gasteiger partial charge in [-0.2, -0.15) is 0 Å². The first-order valence-corrected chi connectivity index (χ1v) is 6.24. The molecule has 0 atom stereocenters. The Morgan fingerprint density at radius 2 is 1.68 bits per heavy atom. The number of pyridine rings is 1. The molecule has 0 aliphatic heterocycles. The Labute approximate surface area is 122 Å². The van der Waals surface area contributed by atoms with Gasteiger partial charge in [0.2, 0.25) is 5.89 Å². The number of hydrogen-bond acceptors (Lipinski definition) is 5. The molecule has 0 spiro atoms. The third-order valence-electron chi connectivity index (χ3n) is 2.87. The van der Waals surface area contributed by atoms with Crippen molar-refractivity contribution < 1.29 is 17.6 Å². The number of hydrogen-bond donors (Lipinski definition) is 1. The lowest BCUT2D eigenvalue weighted by molar-refractivity contribution is 0.490. The van der Waals surface area contributed by atoms with E-state index in [4.69, 9.17) is 4.42 Å². The summed E-state index contributed by atoms with van der Waals surface area (Å²) in [6.07, 6.45) is 3.15. The van der Waals surface area contributed by atoms with Gasteiger partial charge in [-0.3, -0.25) is 4.98 Å². The maximum Gasteiger partial charge on any atom is 0.316 e. The lowest BCUT2D eigenvalue weighted by Gasteiger charge is -2.04. The van der Waals surface area contributed by atoms with E-state index in [1.165, 1.54) is 0 Å². The molecule has 8 heteroatoms. The highest BCUT2D eigenvalue weighted by Gasteiger charge is 2.12. The van der Waals surface area contributed by atoms with Crippen LogP contribution in [0.15, 0.2) is 41.1 Å². The standard InChI is InChI=1S/C14H9F3N4O/c15-10-6-12(17)11(16)5-9(10)7-19-14-21-20-13(22-14)8-1-3-18-4-2-8/h1-6H,7H2,(H,19,21). The van der Waals surface area contributed by atoms with Crippen LogP contribution in [0, 0.1) is 17.5 Å². The van der Waals surface area contributed by atoms with Crippen molar-refractivity contribution in [2.75, 3.05) is 5.32 Å². The van der Waals surface area contributed by atoms with E-state index in [1.54, 1.807) is 24.5 Å². The number of rotatable bonds is 4. The second-order valence-electron chi connectivity index (χ2n) is 4.36. The van der Waals surface area contributed by atoms with Gasteiger partial charge in [0.05, 0.1) is 0 Å². The number of aromatic nitrogens is 3. The van der Waals surface area contributed by atoms with E-state index < -0.39 is 17.5 Å². The molecule has 112 valence electrons. The summed E-state index contributed by atoms with van der Waals surface area (Å²) in [6.45, 7) is -0.124. The van der Waals surface area contributed by atoms with Crippen molar-refractivity contribution in [3.63, 3.8) is 0 Å². The molecule has 3 aromatic rings. The van der Waals surface area contributed by atoms with Crippen LogP contribution in [0.1, 0.15) is 5.56 Å². The molecule has 0 unspecified atom stereocenters. The minimum Gasteiger partial charge on any atom is -0.403 e. The Morgan fingerprint density at radius 1 is 0.955 bits per heavy atom. The lowest BCUT2D eigenvalue weighted by Crippen LogP contribution is -2.03. The topological polar surface area (TPSA) is 63.8 Å². The lowest BCUT2D eigenvalue weighted by atomic mass is 10.2. The fourth-order valence-electron chi connectivity index (χ4n) is 1.78. The molecule has 2 aromatic heterocycles. The Bertz CT molecular complexity index is 792. The minimum atomic E-state index is -1.24. The van der Waals surface area contributed by atoms with E-state index in [-0.39, 0.29) is 24.0 Å². The molecule has 0 saturated heterocycles. The summed E-state index contributed by atoms with van der Waals surface area (Å²) in [6, 6.07) is 4.68. The summed E-state index contributed by atoms with van der Waals surface area (Å²) in [4.78, 5) is 3.87. The van der Waals surface area contributed by atoms with Gasteiger partial charge in [0.1, 0.15) is 5.82 Å². The molecule has 0 bridgehead atoms. The van der Waals surface area contributed by atoms with Crippen LogP contribution in [0.5, 0.6) is 0 Å². The van der Waals surface area contributed by atoms with Crippen LogP contribution in [0.4, 0.5) is 19.2 Å². The molecule has 0 aliphatic rings. The Morgan fingerprint density at radius 3 is 2.45 bits per heavy atom. The first-order chi connectivity index (χ1) is 10.6. The molecule has 1 aromatic carbocycles. The molecular weight excluding hydrogens is 297 g/mol. The highest BCUT2D eigenvalue weighted by Crippen LogP contribution is 2.20. The Kier molecular flexibility index (Phi) is 3.73. The van der Waals surface area contributed by atoms with E-state index in [0.29, 0.717) is 11.6 Å². The average Bonchev–Trinajstić information content (AvgIpc) is 2.99. The smallest absolute Gasteiger partial charge is 0.316 e. The fraction of sp³-hybridized carbons (Fsp3) is 0.0714.